The minimum absolute atomic E-state index is 0.0429. The fourth-order valence-electron chi connectivity index (χ4n) is 3.26. The number of nitrogens with zero attached hydrogens (tertiary/aromatic N) is 1. The number of fused-ring (bicyclic) bond motifs is 2. The van der Waals surface area contributed by atoms with Gasteiger partial charge in [-0.15, -0.1) is 0 Å². The number of nitrogens with one attached hydrogen (secondary N) is 1. The zero-order valence-corrected chi connectivity index (χ0v) is 10.9. The Morgan fingerprint density at radius 3 is 3.10 bits per heavy atom. The molecule has 0 saturated carbocycles. The highest BCUT2D eigenvalue weighted by atomic mass is 19.1. The van der Waals surface area contributed by atoms with Crippen LogP contribution in [-0.2, 0) is 4.79 Å². The third kappa shape index (κ3) is 1.73. The van der Waals surface area contributed by atoms with Crippen LogP contribution >= 0.6 is 0 Å². The molecule has 0 spiro atoms. The summed E-state index contributed by atoms with van der Waals surface area (Å²) in [5, 5.41) is 3.72. The number of carbonyl (C=O) groups is 1. The van der Waals surface area contributed by atoms with Gasteiger partial charge in [-0.05, 0) is 37.1 Å². The summed E-state index contributed by atoms with van der Waals surface area (Å²) in [4.78, 5) is 14.2. The molecule has 2 atom stereocenters. The van der Waals surface area contributed by atoms with Crippen LogP contribution in [0.3, 0.4) is 0 Å². The second kappa shape index (κ2) is 4.31. The van der Waals surface area contributed by atoms with Gasteiger partial charge < -0.3 is 9.73 Å². The molecule has 2 saturated heterocycles. The Labute approximate surface area is 115 Å². The Morgan fingerprint density at radius 2 is 2.20 bits per heavy atom. The van der Waals surface area contributed by atoms with Crippen molar-refractivity contribution in [2.24, 2.45) is 0 Å². The molecule has 5 heteroatoms. The van der Waals surface area contributed by atoms with E-state index < -0.39 is 0 Å². The molecule has 1 N–H and O–H groups in total. The minimum Gasteiger partial charge on any atom is -0.457 e. The predicted octanol–water partition coefficient (Wildman–Crippen LogP) is 2.55. The van der Waals surface area contributed by atoms with Crippen molar-refractivity contribution in [1.82, 2.24) is 10.2 Å². The number of amides is 1. The third-order valence-corrected chi connectivity index (χ3v) is 4.22. The van der Waals surface area contributed by atoms with Crippen LogP contribution in [-0.4, -0.2) is 23.4 Å². The second-order valence-electron chi connectivity index (χ2n) is 5.49. The minimum atomic E-state index is -0.281. The normalized spacial score (nSPS) is 26.8. The van der Waals surface area contributed by atoms with Crippen molar-refractivity contribution in [1.29, 1.82) is 0 Å². The molecule has 2 aliphatic rings. The van der Waals surface area contributed by atoms with Crippen LogP contribution in [0.5, 0.6) is 0 Å². The summed E-state index contributed by atoms with van der Waals surface area (Å²) >= 11 is 0. The lowest BCUT2D eigenvalue weighted by molar-refractivity contribution is -0.122. The van der Waals surface area contributed by atoms with E-state index in [2.05, 4.69) is 10.2 Å². The molecule has 1 aromatic carbocycles. The van der Waals surface area contributed by atoms with Gasteiger partial charge in [0.2, 0.25) is 5.91 Å². The fourth-order valence-corrected chi connectivity index (χ4v) is 3.26. The van der Waals surface area contributed by atoms with Crippen LogP contribution in [0.15, 0.2) is 28.7 Å². The molecule has 0 aliphatic carbocycles. The van der Waals surface area contributed by atoms with E-state index in [0.717, 1.165) is 31.2 Å². The largest absolute Gasteiger partial charge is 0.457 e. The van der Waals surface area contributed by atoms with Crippen molar-refractivity contribution >= 4 is 16.9 Å². The van der Waals surface area contributed by atoms with Gasteiger partial charge in [0, 0.05) is 11.9 Å². The van der Waals surface area contributed by atoms with Gasteiger partial charge in [-0.3, -0.25) is 9.69 Å². The van der Waals surface area contributed by atoms with E-state index in [1.54, 1.807) is 6.07 Å². The lowest BCUT2D eigenvalue weighted by atomic mass is 10.0. The van der Waals surface area contributed by atoms with Crippen LogP contribution in [0.2, 0.25) is 0 Å². The molecule has 1 aromatic heterocycles. The summed E-state index contributed by atoms with van der Waals surface area (Å²) < 4.78 is 19.0. The Balaban J connectivity index is 1.73. The highest BCUT2D eigenvalue weighted by Crippen LogP contribution is 2.34. The number of benzene rings is 1. The van der Waals surface area contributed by atoms with Crippen LogP contribution < -0.4 is 5.32 Å². The maximum atomic E-state index is 13.2. The van der Waals surface area contributed by atoms with Crippen LogP contribution in [0.4, 0.5) is 4.39 Å². The number of hydrogen-bond acceptors (Lipinski definition) is 3. The standard InChI is InChI=1S/C15H15FN2O2/c16-10-4-5-12-9(7-10)8-13(20-12)14-17-15(19)11-3-1-2-6-18(11)14/h4-5,7-8,11,14H,1-3,6H2,(H,17,19). The lowest BCUT2D eigenvalue weighted by Crippen LogP contribution is -2.38. The first kappa shape index (κ1) is 11.9. The van der Waals surface area contributed by atoms with Crippen molar-refractivity contribution in [2.75, 3.05) is 6.54 Å². The zero-order chi connectivity index (χ0) is 13.7. The van der Waals surface area contributed by atoms with E-state index in [9.17, 15) is 9.18 Å². The molecular formula is C15H15FN2O2. The van der Waals surface area contributed by atoms with Crippen molar-refractivity contribution in [2.45, 2.75) is 31.5 Å². The summed E-state index contributed by atoms with van der Waals surface area (Å²) in [6.07, 6.45) is 2.86. The summed E-state index contributed by atoms with van der Waals surface area (Å²) in [6, 6.07) is 6.23. The molecule has 1 amide bonds. The van der Waals surface area contributed by atoms with Crippen LogP contribution in [0.25, 0.3) is 11.0 Å². The predicted molar refractivity (Wildman–Crippen MR) is 71.4 cm³/mol. The Hall–Kier alpha value is -1.88. The quantitative estimate of drug-likeness (QED) is 0.869. The fraction of sp³-hybridized carbons (Fsp3) is 0.400. The molecule has 3 heterocycles. The van der Waals surface area contributed by atoms with E-state index in [1.807, 2.05) is 6.07 Å². The molecule has 2 aliphatic heterocycles. The summed E-state index contributed by atoms with van der Waals surface area (Å²) in [7, 11) is 0. The van der Waals surface area contributed by atoms with Gasteiger partial charge in [0.25, 0.3) is 0 Å². The average Bonchev–Trinajstić information content (AvgIpc) is 3.00. The topological polar surface area (TPSA) is 45.5 Å². The van der Waals surface area contributed by atoms with E-state index in [-0.39, 0.29) is 23.9 Å². The van der Waals surface area contributed by atoms with Gasteiger partial charge in [0.05, 0.1) is 6.04 Å². The molecule has 20 heavy (non-hydrogen) atoms. The van der Waals surface area contributed by atoms with E-state index in [0.29, 0.717) is 11.3 Å². The maximum Gasteiger partial charge on any atom is 0.239 e. The molecular weight excluding hydrogens is 259 g/mol. The average molecular weight is 274 g/mol. The first-order chi connectivity index (χ1) is 9.72. The van der Waals surface area contributed by atoms with E-state index >= 15 is 0 Å². The van der Waals surface area contributed by atoms with Gasteiger partial charge in [0.1, 0.15) is 23.3 Å². The number of halogens is 1. The number of rotatable bonds is 1. The van der Waals surface area contributed by atoms with Gasteiger partial charge in [-0.2, -0.15) is 0 Å². The van der Waals surface area contributed by atoms with Gasteiger partial charge >= 0.3 is 0 Å². The van der Waals surface area contributed by atoms with Crippen molar-refractivity contribution in [3.05, 3.63) is 35.8 Å². The summed E-state index contributed by atoms with van der Waals surface area (Å²) in [5.74, 6) is 0.473. The SMILES string of the molecule is O=C1NC(c2cc3cc(F)ccc3o2)N2CCCCC12. The number of piperidine rings is 1. The number of carbonyl (C=O) groups excluding carboxylic acids is 1. The van der Waals surface area contributed by atoms with Gasteiger partial charge in [0.15, 0.2) is 0 Å². The van der Waals surface area contributed by atoms with Crippen molar-refractivity contribution in [3.63, 3.8) is 0 Å². The Morgan fingerprint density at radius 1 is 1.30 bits per heavy atom. The van der Waals surface area contributed by atoms with Gasteiger partial charge in [-0.25, -0.2) is 4.39 Å². The Kier molecular flexibility index (Phi) is 2.57. The second-order valence-corrected chi connectivity index (χ2v) is 5.49. The molecule has 2 aromatic rings. The first-order valence-corrected chi connectivity index (χ1v) is 6.97. The molecule has 4 rings (SSSR count). The molecule has 2 unspecified atom stereocenters. The maximum absolute atomic E-state index is 13.2. The molecule has 0 radical (unpaired) electrons. The third-order valence-electron chi connectivity index (χ3n) is 4.22. The van der Waals surface area contributed by atoms with Gasteiger partial charge in [-0.1, -0.05) is 6.42 Å². The summed E-state index contributed by atoms with van der Waals surface area (Å²) in [5.41, 5.74) is 0.649. The summed E-state index contributed by atoms with van der Waals surface area (Å²) in [6.45, 7) is 0.888. The highest BCUT2D eigenvalue weighted by molar-refractivity contribution is 5.85. The van der Waals surface area contributed by atoms with E-state index in [1.165, 1.54) is 12.1 Å². The molecule has 2 fully saturated rings. The number of furan rings is 1. The van der Waals surface area contributed by atoms with Crippen molar-refractivity contribution in [3.8, 4) is 0 Å². The lowest BCUT2D eigenvalue weighted by Gasteiger charge is -2.30. The van der Waals surface area contributed by atoms with Crippen molar-refractivity contribution < 1.29 is 13.6 Å². The monoisotopic (exact) mass is 274 g/mol. The smallest absolute Gasteiger partial charge is 0.239 e. The van der Waals surface area contributed by atoms with Crippen LogP contribution in [0, 0.1) is 5.82 Å². The molecule has 0 bridgehead atoms. The first-order valence-electron chi connectivity index (χ1n) is 6.97. The Bertz CT molecular complexity index is 682. The zero-order valence-electron chi connectivity index (χ0n) is 10.9. The molecule has 104 valence electrons. The van der Waals surface area contributed by atoms with E-state index in [4.69, 9.17) is 4.42 Å². The highest BCUT2D eigenvalue weighted by Gasteiger charge is 2.42. The van der Waals surface area contributed by atoms with Crippen LogP contribution in [0.1, 0.15) is 31.2 Å². The number of hydrogen-bond donors (Lipinski definition) is 1. The molecule has 4 nitrogen and oxygen atoms in total.